The fraction of sp³-hybridized carbons (Fsp3) is 0.846. The van der Waals surface area contributed by atoms with Crippen LogP contribution < -0.4 is 10.0 Å². The van der Waals surface area contributed by atoms with Gasteiger partial charge < -0.3 is 5.32 Å². The lowest BCUT2D eigenvalue weighted by Crippen LogP contribution is -2.42. The number of nitriles is 1. The zero-order valence-corrected chi connectivity index (χ0v) is 12.8. The zero-order valence-electron chi connectivity index (χ0n) is 11.9. The highest BCUT2D eigenvalue weighted by atomic mass is 32.2. The molecule has 0 bridgehead atoms. The Morgan fingerprint density at radius 1 is 1.25 bits per heavy atom. The smallest absolute Gasteiger partial charge is 0.240 e. The van der Waals surface area contributed by atoms with Gasteiger partial charge in [0.2, 0.25) is 15.9 Å². The van der Waals surface area contributed by atoms with Crippen LogP contribution in [0.25, 0.3) is 0 Å². The highest BCUT2D eigenvalue weighted by Crippen LogP contribution is 2.34. The maximum Gasteiger partial charge on any atom is 0.240 e. The quantitative estimate of drug-likeness (QED) is 0.712. The van der Waals surface area contributed by atoms with Gasteiger partial charge in [0.1, 0.15) is 5.41 Å². The molecule has 1 aliphatic rings. The molecule has 0 aromatic carbocycles. The highest BCUT2D eigenvalue weighted by molar-refractivity contribution is 7.89. The molecular weight excluding hydrogens is 278 g/mol. The van der Waals surface area contributed by atoms with E-state index in [-0.39, 0.29) is 18.2 Å². The van der Waals surface area contributed by atoms with Crippen molar-refractivity contribution in [2.24, 2.45) is 5.41 Å². The minimum Gasteiger partial charge on any atom is -0.354 e. The first kappa shape index (κ1) is 16.9. The molecule has 0 unspecified atom stereocenters. The van der Waals surface area contributed by atoms with Gasteiger partial charge in [-0.25, -0.2) is 13.1 Å². The third kappa shape index (κ3) is 4.76. The topological polar surface area (TPSA) is 99.1 Å². The van der Waals surface area contributed by atoms with E-state index in [9.17, 15) is 18.5 Å². The molecule has 1 amide bonds. The summed E-state index contributed by atoms with van der Waals surface area (Å²) < 4.78 is 25.3. The fourth-order valence-corrected chi connectivity index (χ4v) is 3.44. The Balaban J connectivity index is 2.54. The van der Waals surface area contributed by atoms with E-state index < -0.39 is 15.4 Å². The van der Waals surface area contributed by atoms with Crippen molar-refractivity contribution in [1.29, 1.82) is 5.26 Å². The van der Waals surface area contributed by atoms with Gasteiger partial charge in [-0.3, -0.25) is 4.79 Å². The molecule has 1 aliphatic carbocycles. The maximum atomic E-state index is 12.2. The lowest BCUT2D eigenvalue weighted by Gasteiger charge is -2.23. The SMILES string of the molecule is CCNS(=O)(=O)CCNC(=O)C1(C#N)CCCCCC1. The van der Waals surface area contributed by atoms with Crippen LogP contribution in [0.1, 0.15) is 45.4 Å². The van der Waals surface area contributed by atoms with E-state index in [4.69, 9.17) is 0 Å². The summed E-state index contributed by atoms with van der Waals surface area (Å²) in [4.78, 5) is 12.2. The number of carbonyl (C=O) groups is 1. The van der Waals surface area contributed by atoms with Crippen molar-refractivity contribution in [3.05, 3.63) is 0 Å². The predicted octanol–water partition coefficient (Wildman–Crippen LogP) is 0.906. The van der Waals surface area contributed by atoms with Crippen molar-refractivity contribution in [3.63, 3.8) is 0 Å². The van der Waals surface area contributed by atoms with Crippen LogP contribution in [-0.2, 0) is 14.8 Å². The molecule has 0 aromatic rings. The second-order valence-corrected chi connectivity index (χ2v) is 7.11. The Morgan fingerprint density at radius 2 is 1.85 bits per heavy atom. The van der Waals surface area contributed by atoms with Gasteiger partial charge in [0.15, 0.2) is 0 Å². The van der Waals surface area contributed by atoms with E-state index in [1.165, 1.54) is 0 Å². The molecule has 0 spiro atoms. The number of nitrogens with one attached hydrogen (secondary N) is 2. The van der Waals surface area contributed by atoms with E-state index in [1.54, 1.807) is 6.92 Å². The first-order valence-corrected chi connectivity index (χ1v) is 8.78. The second-order valence-electron chi connectivity index (χ2n) is 5.18. The summed E-state index contributed by atoms with van der Waals surface area (Å²) in [7, 11) is -3.34. The highest BCUT2D eigenvalue weighted by Gasteiger charge is 2.38. The zero-order chi connectivity index (χ0) is 15.1. The third-order valence-corrected chi connectivity index (χ3v) is 5.10. The summed E-state index contributed by atoms with van der Waals surface area (Å²) in [6, 6.07) is 2.15. The molecule has 6 nitrogen and oxygen atoms in total. The lowest BCUT2D eigenvalue weighted by atomic mass is 9.81. The van der Waals surface area contributed by atoms with E-state index >= 15 is 0 Å². The monoisotopic (exact) mass is 301 g/mol. The third-order valence-electron chi connectivity index (χ3n) is 3.63. The Hall–Kier alpha value is -1.13. The van der Waals surface area contributed by atoms with E-state index in [2.05, 4.69) is 16.1 Å². The Labute approximate surface area is 121 Å². The molecule has 0 aliphatic heterocycles. The summed E-state index contributed by atoms with van der Waals surface area (Å²) in [5.74, 6) is -0.484. The first-order valence-electron chi connectivity index (χ1n) is 7.13. The summed E-state index contributed by atoms with van der Waals surface area (Å²) in [5, 5.41) is 11.9. The molecule has 1 rings (SSSR count). The van der Waals surface area contributed by atoms with Crippen molar-refractivity contribution in [1.82, 2.24) is 10.0 Å². The molecule has 0 heterocycles. The van der Waals surface area contributed by atoms with Crippen molar-refractivity contribution < 1.29 is 13.2 Å². The van der Waals surface area contributed by atoms with Gasteiger partial charge in [0, 0.05) is 13.1 Å². The van der Waals surface area contributed by atoms with Crippen LogP contribution in [0.4, 0.5) is 0 Å². The first-order chi connectivity index (χ1) is 9.46. The molecule has 1 saturated carbocycles. The summed E-state index contributed by atoms with van der Waals surface area (Å²) in [5.41, 5.74) is -0.974. The number of sulfonamides is 1. The van der Waals surface area contributed by atoms with Gasteiger partial charge in [-0.05, 0) is 12.8 Å². The minimum atomic E-state index is -3.34. The van der Waals surface area contributed by atoms with Crippen LogP contribution in [0.5, 0.6) is 0 Å². The Kier molecular flexibility index (Phi) is 6.43. The maximum absolute atomic E-state index is 12.2. The summed E-state index contributed by atoms with van der Waals surface area (Å²) in [6.07, 6.45) is 4.97. The fourth-order valence-electron chi connectivity index (χ4n) is 2.48. The van der Waals surface area contributed by atoms with Gasteiger partial charge in [-0.2, -0.15) is 5.26 Å². The van der Waals surface area contributed by atoms with Gasteiger partial charge in [-0.1, -0.05) is 32.6 Å². The van der Waals surface area contributed by atoms with Crippen LogP contribution in [0.3, 0.4) is 0 Å². The minimum absolute atomic E-state index is 0.0393. The van der Waals surface area contributed by atoms with Crippen LogP contribution in [0.15, 0.2) is 0 Å². The van der Waals surface area contributed by atoms with Crippen LogP contribution >= 0.6 is 0 Å². The van der Waals surface area contributed by atoms with Crippen LogP contribution in [0.2, 0.25) is 0 Å². The number of nitrogens with zero attached hydrogens (tertiary/aromatic N) is 1. The van der Waals surface area contributed by atoms with Crippen LogP contribution in [0, 0.1) is 16.7 Å². The summed E-state index contributed by atoms with van der Waals surface area (Å²) >= 11 is 0. The van der Waals surface area contributed by atoms with E-state index in [1.807, 2.05) is 0 Å². The molecule has 20 heavy (non-hydrogen) atoms. The normalized spacial score (nSPS) is 18.8. The van der Waals surface area contributed by atoms with Gasteiger partial charge in [0.05, 0.1) is 11.8 Å². The van der Waals surface area contributed by atoms with Gasteiger partial charge >= 0.3 is 0 Å². The van der Waals surface area contributed by atoms with E-state index in [0.717, 1.165) is 25.7 Å². The number of rotatable bonds is 6. The lowest BCUT2D eigenvalue weighted by molar-refractivity contribution is -0.128. The molecule has 114 valence electrons. The second kappa shape index (κ2) is 7.60. The number of carbonyl (C=O) groups excluding carboxylic acids is 1. The Morgan fingerprint density at radius 3 is 2.35 bits per heavy atom. The average molecular weight is 301 g/mol. The molecular formula is C13H23N3O3S. The number of amides is 1. The molecule has 0 aromatic heterocycles. The Bertz CT molecular complexity index is 460. The van der Waals surface area contributed by atoms with Gasteiger partial charge in [0.25, 0.3) is 0 Å². The van der Waals surface area contributed by atoms with Crippen molar-refractivity contribution in [3.8, 4) is 6.07 Å². The van der Waals surface area contributed by atoms with Gasteiger partial charge in [-0.15, -0.1) is 0 Å². The van der Waals surface area contributed by atoms with Crippen molar-refractivity contribution >= 4 is 15.9 Å². The van der Waals surface area contributed by atoms with E-state index in [0.29, 0.717) is 19.4 Å². The predicted molar refractivity (Wildman–Crippen MR) is 76.2 cm³/mol. The largest absolute Gasteiger partial charge is 0.354 e. The standard InChI is InChI=1S/C13H23N3O3S/c1-2-16-20(18,19)10-9-15-12(17)13(11-14)7-5-3-4-6-8-13/h16H,2-10H2,1H3,(H,15,17). The van der Waals surface area contributed by atoms with Crippen molar-refractivity contribution in [2.45, 2.75) is 45.4 Å². The molecule has 0 atom stereocenters. The number of hydrogen-bond acceptors (Lipinski definition) is 4. The molecule has 7 heteroatoms. The molecule has 0 saturated heterocycles. The molecule has 2 N–H and O–H groups in total. The summed E-state index contributed by atoms with van der Waals surface area (Å²) in [6.45, 7) is 2.07. The van der Waals surface area contributed by atoms with Crippen molar-refractivity contribution in [2.75, 3.05) is 18.8 Å². The van der Waals surface area contributed by atoms with Crippen LogP contribution in [-0.4, -0.2) is 33.2 Å². The average Bonchev–Trinajstić information content (AvgIpc) is 2.64. The molecule has 0 radical (unpaired) electrons. The molecule has 1 fully saturated rings. The number of hydrogen-bond donors (Lipinski definition) is 2.